The Morgan fingerprint density at radius 3 is 2.89 bits per heavy atom. The van der Waals surface area contributed by atoms with Gasteiger partial charge in [0, 0.05) is 25.6 Å². The first-order chi connectivity index (χ1) is 9.33. The Labute approximate surface area is 114 Å². The molecular formula is C15H22N2O2. The van der Waals surface area contributed by atoms with Gasteiger partial charge in [0.1, 0.15) is 0 Å². The molecule has 4 heteroatoms. The van der Waals surface area contributed by atoms with Crippen LogP contribution in [0.15, 0.2) is 18.2 Å². The maximum Gasteiger partial charge on any atom is 0.161 e. The summed E-state index contributed by atoms with van der Waals surface area (Å²) in [4.78, 5) is 2.42. The predicted octanol–water partition coefficient (Wildman–Crippen LogP) is 1.64. The number of likely N-dealkylation sites (N-methyl/N-ethyl adjacent to an activating group) is 1. The molecule has 19 heavy (non-hydrogen) atoms. The first-order valence-corrected chi connectivity index (χ1v) is 7.12. The Bertz CT molecular complexity index is 430. The molecule has 0 bridgehead atoms. The van der Waals surface area contributed by atoms with E-state index < -0.39 is 0 Å². The van der Waals surface area contributed by atoms with Crippen molar-refractivity contribution in [2.45, 2.75) is 25.4 Å². The lowest BCUT2D eigenvalue weighted by molar-refractivity contribution is 0.248. The molecule has 104 valence electrons. The van der Waals surface area contributed by atoms with E-state index in [2.05, 4.69) is 29.4 Å². The van der Waals surface area contributed by atoms with Crippen LogP contribution < -0.4 is 14.8 Å². The first kappa shape index (κ1) is 12.8. The van der Waals surface area contributed by atoms with Crippen molar-refractivity contribution in [1.29, 1.82) is 0 Å². The first-order valence-electron chi connectivity index (χ1n) is 7.12. The summed E-state index contributed by atoms with van der Waals surface area (Å²) >= 11 is 0. The lowest BCUT2D eigenvalue weighted by Crippen LogP contribution is -2.32. The highest BCUT2D eigenvalue weighted by Crippen LogP contribution is 2.30. The number of hydrogen-bond donors (Lipinski definition) is 1. The second kappa shape index (κ2) is 5.80. The van der Waals surface area contributed by atoms with Gasteiger partial charge < -0.3 is 14.8 Å². The summed E-state index contributed by atoms with van der Waals surface area (Å²) in [7, 11) is 2.20. The van der Waals surface area contributed by atoms with Crippen LogP contribution in [0.3, 0.4) is 0 Å². The Balaban J connectivity index is 1.69. The van der Waals surface area contributed by atoms with Crippen LogP contribution in [0.5, 0.6) is 11.5 Å². The molecule has 2 aliphatic heterocycles. The third kappa shape index (κ3) is 3.01. The molecule has 0 spiro atoms. The van der Waals surface area contributed by atoms with E-state index in [9.17, 15) is 0 Å². The van der Waals surface area contributed by atoms with Crippen LogP contribution in [0, 0.1) is 0 Å². The van der Waals surface area contributed by atoms with Crippen LogP contribution >= 0.6 is 0 Å². The zero-order chi connectivity index (χ0) is 13.1. The van der Waals surface area contributed by atoms with Crippen LogP contribution in [0.4, 0.5) is 0 Å². The van der Waals surface area contributed by atoms with Crippen molar-refractivity contribution in [3.8, 4) is 11.5 Å². The molecule has 0 saturated carbocycles. The maximum atomic E-state index is 5.74. The van der Waals surface area contributed by atoms with E-state index in [1.807, 2.05) is 6.07 Å². The Morgan fingerprint density at radius 2 is 2.11 bits per heavy atom. The molecule has 0 amide bonds. The van der Waals surface area contributed by atoms with E-state index in [1.54, 1.807) is 0 Å². The van der Waals surface area contributed by atoms with Crippen LogP contribution in [-0.2, 0) is 6.54 Å². The molecule has 1 atom stereocenters. The number of nitrogens with one attached hydrogen (secondary N) is 1. The van der Waals surface area contributed by atoms with E-state index in [4.69, 9.17) is 9.47 Å². The summed E-state index contributed by atoms with van der Waals surface area (Å²) in [6, 6.07) is 6.96. The smallest absolute Gasteiger partial charge is 0.161 e. The summed E-state index contributed by atoms with van der Waals surface area (Å²) in [6.45, 7) is 4.69. The van der Waals surface area contributed by atoms with Gasteiger partial charge in [0.2, 0.25) is 0 Å². The topological polar surface area (TPSA) is 33.7 Å². The number of benzene rings is 1. The van der Waals surface area contributed by atoms with E-state index >= 15 is 0 Å². The SMILES string of the molecule is CN(Cc1ccc2c(c1)OCCCO2)C1CCNC1. The van der Waals surface area contributed by atoms with E-state index in [0.717, 1.165) is 50.8 Å². The number of ether oxygens (including phenoxy) is 2. The fourth-order valence-corrected chi connectivity index (χ4v) is 2.74. The van der Waals surface area contributed by atoms with Crippen molar-refractivity contribution in [3.63, 3.8) is 0 Å². The fraction of sp³-hybridized carbons (Fsp3) is 0.600. The summed E-state index contributed by atoms with van der Waals surface area (Å²) in [6.07, 6.45) is 2.19. The minimum Gasteiger partial charge on any atom is -0.490 e. The molecule has 0 aromatic heterocycles. The van der Waals surface area contributed by atoms with E-state index in [1.165, 1.54) is 12.0 Å². The van der Waals surface area contributed by atoms with Gasteiger partial charge in [-0.1, -0.05) is 6.07 Å². The molecule has 3 rings (SSSR count). The second-order valence-electron chi connectivity index (χ2n) is 5.39. The minimum atomic E-state index is 0.649. The van der Waals surface area contributed by atoms with Gasteiger partial charge in [0.25, 0.3) is 0 Å². The highest BCUT2D eigenvalue weighted by Gasteiger charge is 2.19. The van der Waals surface area contributed by atoms with Crippen molar-refractivity contribution in [3.05, 3.63) is 23.8 Å². The Hall–Kier alpha value is -1.26. The molecule has 1 unspecified atom stereocenters. The molecule has 1 aromatic rings. The zero-order valence-electron chi connectivity index (χ0n) is 11.5. The van der Waals surface area contributed by atoms with Crippen molar-refractivity contribution >= 4 is 0 Å². The standard InChI is InChI=1S/C15H22N2O2/c1-17(13-5-6-16-10-13)11-12-3-4-14-15(9-12)19-8-2-7-18-14/h3-4,9,13,16H,2,5-8,10-11H2,1H3. The van der Waals surface area contributed by atoms with Gasteiger partial charge in [-0.2, -0.15) is 0 Å². The number of nitrogens with zero attached hydrogens (tertiary/aromatic N) is 1. The molecule has 1 fully saturated rings. The number of hydrogen-bond acceptors (Lipinski definition) is 4. The van der Waals surface area contributed by atoms with Crippen LogP contribution in [-0.4, -0.2) is 44.3 Å². The van der Waals surface area contributed by atoms with Crippen LogP contribution in [0.2, 0.25) is 0 Å². The van der Waals surface area contributed by atoms with Crippen molar-refractivity contribution in [2.75, 3.05) is 33.4 Å². The van der Waals surface area contributed by atoms with Gasteiger partial charge in [0.15, 0.2) is 11.5 Å². The number of rotatable bonds is 3. The summed E-state index contributed by atoms with van der Waals surface area (Å²) < 4.78 is 11.4. The lowest BCUT2D eigenvalue weighted by Gasteiger charge is -2.23. The largest absolute Gasteiger partial charge is 0.490 e. The molecular weight excluding hydrogens is 240 g/mol. The molecule has 1 aromatic carbocycles. The number of fused-ring (bicyclic) bond motifs is 1. The average molecular weight is 262 g/mol. The lowest BCUT2D eigenvalue weighted by atomic mass is 10.1. The summed E-state index contributed by atoms with van der Waals surface area (Å²) in [5.41, 5.74) is 1.29. The molecule has 4 nitrogen and oxygen atoms in total. The maximum absolute atomic E-state index is 5.74. The van der Waals surface area contributed by atoms with Crippen molar-refractivity contribution in [2.24, 2.45) is 0 Å². The second-order valence-corrected chi connectivity index (χ2v) is 5.39. The summed E-state index contributed by atoms with van der Waals surface area (Å²) in [5.74, 6) is 1.78. The predicted molar refractivity (Wildman–Crippen MR) is 74.8 cm³/mol. The Morgan fingerprint density at radius 1 is 1.26 bits per heavy atom. The third-order valence-corrected chi connectivity index (χ3v) is 3.90. The quantitative estimate of drug-likeness (QED) is 0.898. The molecule has 1 N–H and O–H groups in total. The van der Waals surface area contributed by atoms with Crippen LogP contribution in [0.25, 0.3) is 0 Å². The average Bonchev–Trinajstić information content (AvgIpc) is 2.85. The van der Waals surface area contributed by atoms with Gasteiger partial charge in [-0.15, -0.1) is 0 Å². The van der Waals surface area contributed by atoms with E-state index in [-0.39, 0.29) is 0 Å². The van der Waals surface area contributed by atoms with Gasteiger partial charge in [-0.05, 0) is 37.7 Å². The molecule has 2 aliphatic rings. The third-order valence-electron chi connectivity index (χ3n) is 3.90. The highest BCUT2D eigenvalue weighted by atomic mass is 16.5. The summed E-state index contributed by atoms with van der Waals surface area (Å²) in [5, 5.41) is 3.41. The highest BCUT2D eigenvalue weighted by molar-refractivity contribution is 5.43. The molecule has 1 saturated heterocycles. The van der Waals surface area contributed by atoms with Gasteiger partial charge >= 0.3 is 0 Å². The van der Waals surface area contributed by atoms with Crippen LogP contribution in [0.1, 0.15) is 18.4 Å². The van der Waals surface area contributed by atoms with Gasteiger partial charge in [-0.3, -0.25) is 4.90 Å². The van der Waals surface area contributed by atoms with Gasteiger partial charge in [0.05, 0.1) is 13.2 Å². The Kier molecular flexibility index (Phi) is 3.89. The minimum absolute atomic E-state index is 0.649. The van der Waals surface area contributed by atoms with Gasteiger partial charge in [-0.25, -0.2) is 0 Å². The monoisotopic (exact) mass is 262 g/mol. The molecule has 0 aliphatic carbocycles. The van der Waals surface area contributed by atoms with Crippen molar-refractivity contribution in [1.82, 2.24) is 10.2 Å². The van der Waals surface area contributed by atoms with Crippen molar-refractivity contribution < 1.29 is 9.47 Å². The van der Waals surface area contributed by atoms with E-state index in [0.29, 0.717) is 6.04 Å². The normalized spacial score (nSPS) is 22.5. The fourth-order valence-electron chi connectivity index (χ4n) is 2.74. The molecule has 2 heterocycles. The zero-order valence-corrected chi connectivity index (χ0v) is 11.5. The molecule has 0 radical (unpaired) electrons.